The molecular formula is C25H25ClN2O2. The van der Waals surface area contributed by atoms with Crippen LogP contribution in [0.1, 0.15) is 34.6 Å². The van der Waals surface area contributed by atoms with Gasteiger partial charge >= 0.3 is 0 Å². The van der Waals surface area contributed by atoms with E-state index in [0.717, 1.165) is 17.7 Å². The molecular weight excluding hydrogens is 396 g/mol. The van der Waals surface area contributed by atoms with Crippen molar-refractivity contribution in [1.29, 1.82) is 0 Å². The number of rotatable bonds is 6. The standard InChI is InChI=1S/C25H25ClN2O2/c1-17(2)16-28(3)25(30)21-6-4-18(5-7-21)19-10-14-23(15-11-19)27-24(29)20-8-12-22(26)13-9-20/h4-15,17H,16H2,1-3H3,(H,27,29). The second-order valence-electron chi connectivity index (χ2n) is 7.70. The highest BCUT2D eigenvalue weighted by molar-refractivity contribution is 6.30. The SMILES string of the molecule is CC(C)CN(C)C(=O)c1ccc(-c2ccc(NC(=O)c3ccc(Cl)cc3)cc2)cc1. The Morgan fingerprint density at radius 1 is 0.833 bits per heavy atom. The summed E-state index contributed by atoms with van der Waals surface area (Å²) < 4.78 is 0. The van der Waals surface area contributed by atoms with Crippen LogP contribution in [-0.2, 0) is 0 Å². The number of carbonyl (C=O) groups is 2. The van der Waals surface area contributed by atoms with Crippen LogP contribution >= 0.6 is 11.6 Å². The maximum Gasteiger partial charge on any atom is 0.255 e. The van der Waals surface area contributed by atoms with Crippen LogP contribution in [-0.4, -0.2) is 30.3 Å². The van der Waals surface area contributed by atoms with Gasteiger partial charge in [-0.3, -0.25) is 9.59 Å². The van der Waals surface area contributed by atoms with Crippen molar-refractivity contribution in [2.45, 2.75) is 13.8 Å². The zero-order valence-corrected chi connectivity index (χ0v) is 18.1. The van der Waals surface area contributed by atoms with Gasteiger partial charge in [-0.25, -0.2) is 0 Å². The maximum atomic E-state index is 12.5. The molecule has 5 heteroatoms. The number of hydrogen-bond donors (Lipinski definition) is 1. The summed E-state index contributed by atoms with van der Waals surface area (Å²) in [6, 6.07) is 21.9. The van der Waals surface area contributed by atoms with Crippen molar-refractivity contribution in [3.05, 3.63) is 88.9 Å². The summed E-state index contributed by atoms with van der Waals surface area (Å²) in [5.74, 6) is 0.264. The van der Waals surface area contributed by atoms with Gasteiger partial charge in [0.05, 0.1) is 0 Å². The Kier molecular flexibility index (Phi) is 6.91. The smallest absolute Gasteiger partial charge is 0.255 e. The molecule has 0 spiro atoms. The predicted molar refractivity (Wildman–Crippen MR) is 123 cm³/mol. The van der Waals surface area contributed by atoms with Crippen molar-refractivity contribution >= 4 is 29.1 Å². The third-order valence-electron chi connectivity index (χ3n) is 4.70. The van der Waals surface area contributed by atoms with Crippen LogP contribution in [0.5, 0.6) is 0 Å². The monoisotopic (exact) mass is 420 g/mol. The van der Waals surface area contributed by atoms with E-state index in [0.29, 0.717) is 27.8 Å². The Morgan fingerprint density at radius 3 is 1.87 bits per heavy atom. The lowest BCUT2D eigenvalue weighted by atomic mass is 10.0. The quantitative estimate of drug-likeness (QED) is 0.532. The highest BCUT2D eigenvalue weighted by atomic mass is 35.5. The van der Waals surface area contributed by atoms with Gasteiger partial charge in [-0.05, 0) is 65.6 Å². The molecule has 2 amide bonds. The summed E-state index contributed by atoms with van der Waals surface area (Å²) >= 11 is 5.86. The minimum absolute atomic E-state index is 0.0236. The Morgan fingerprint density at radius 2 is 1.33 bits per heavy atom. The number of benzene rings is 3. The van der Waals surface area contributed by atoms with E-state index in [-0.39, 0.29) is 11.8 Å². The first-order chi connectivity index (χ1) is 14.3. The van der Waals surface area contributed by atoms with Gasteiger partial charge in [0.25, 0.3) is 11.8 Å². The molecule has 0 heterocycles. The van der Waals surface area contributed by atoms with Gasteiger partial charge in [0.1, 0.15) is 0 Å². The molecule has 0 saturated heterocycles. The highest BCUT2D eigenvalue weighted by Gasteiger charge is 2.13. The average molecular weight is 421 g/mol. The number of nitrogens with zero attached hydrogens (tertiary/aromatic N) is 1. The fourth-order valence-electron chi connectivity index (χ4n) is 3.21. The van der Waals surface area contributed by atoms with E-state index in [9.17, 15) is 9.59 Å². The number of carbonyl (C=O) groups excluding carboxylic acids is 2. The van der Waals surface area contributed by atoms with Crippen molar-refractivity contribution in [2.75, 3.05) is 18.9 Å². The fourth-order valence-corrected chi connectivity index (χ4v) is 3.33. The van der Waals surface area contributed by atoms with E-state index >= 15 is 0 Å². The van der Waals surface area contributed by atoms with Gasteiger partial charge < -0.3 is 10.2 Å². The minimum Gasteiger partial charge on any atom is -0.341 e. The van der Waals surface area contributed by atoms with Gasteiger partial charge in [0.2, 0.25) is 0 Å². The van der Waals surface area contributed by atoms with Crippen LogP contribution in [0, 0.1) is 5.92 Å². The summed E-state index contributed by atoms with van der Waals surface area (Å²) in [6.45, 7) is 4.91. The van der Waals surface area contributed by atoms with Crippen LogP contribution in [0.4, 0.5) is 5.69 Å². The van der Waals surface area contributed by atoms with Gasteiger partial charge in [-0.1, -0.05) is 49.7 Å². The van der Waals surface area contributed by atoms with Crippen LogP contribution in [0.3, 0.4) is 0 Å². The third-order valence-corrected chi connectivity index (χ3v) is 4.95. The van der Waals surface area contributed by atoms with E-state index in [1.165, 1.54) is 0 Å². The number of amides is 2. The summed E-state index contributed by atoms with van der Waals surface area (Å²) in [5.41, 5.74) is 3.95. The zero-order valence-electron chi connectivity index (χ0n) is 17.4. The molecule has 154 valence electrons. The predicted octanol–water partition coefficient (Wildman–Crippen LogP) is 5.99. The van der Waals surface area contributed by atoms with Crippen molar-refractivity contribution in [1.82, 2.24) is 4.90 Å². The van der Waals surface area contributed by atoms with Crippen LogP contribution in [0.25, 0.3) is 11.1 Å². The van der Waals surface area contributed by atoms with E-state index in [1.54, 1.807) is 29.2 Å². The Hall–Kier alpha value is -3.11. The number of anilines is 1. The summed E-state index contributed by atoms with van der Waals surface area (Å²) in [5, 5.41) is 3.47. The summed E-state index contributed by atoms with van der Waals surface area (Å²) in [6.07, 6.45) is 0. The first kappa shape index (κ1) is 21.6. The molecule has 3 aromatic carbocycles. The van der Waals surface area contributed by atoms with Gasteiger partial charge in [0, 0.05) is 35.4 Å². The number of nitrogens with one attached hydrogen (secondary N) is 1. The van der Waals surface area contributed by atoms with E-state index < -0.39 is 0 Å². The molecule has 0 aliphatic carbocycles. The lowest BCUT2D eigenvalue weighted by Gasteiger charge is -2.19. The highest BCUT2D eigenvalue weighted by Crippen LogP contribution is 2.23. The Balaban J connectivity index is 1.66. The minimum atomic E-state index is -0.187. The topological polar surface area (TPSA) is 49.4 Å². The first-order valence-electron chi connectivity index (χ1n) is 9.86. The largest absolute Gasteiger partial charge is 0.341 e. The third kappa shape index (κ3) is 5.49. The molecule has 3 aromatic rings. The molecule has 4 nitrogen and oxygen atoms in total. The lowest BCUT2D eigenvalue weighted by Crippen LogP contribution is -2.30. The van der Waals surface area contributed by atoms with Crippen molar-refractivity contribution in [3.63, 3.8) is 0 Å². The maximum absolute atomic E-state index is 12.5. The lowest BCUT2D eigenvalue weighted by molar-refractivity contribution is 0.0779. The molecule has 1 N–H and O–H groups in total. The van der Waals surface area contributed by atoms with Gasteiger partial charge in [-0.15, -0.1) is 0 Å². The molecule has 0 aromatic heterocycles. The van der Waals surface area contributed by atoms with Gasteiger partial charge in [0.15, 0.2) is 0 Å². The number of halogens is 1. The first-order valence-corrected chi connectivity index (χ1v) is 10.2. The second-order valence-corrected chi connectivity index (χ2v) is 8.13. The molecule has 0 unspecified atom stereocenters. The average Bonchev–Trinajstić information content (AvgIpc) is 2.74. The zero-order chi connectivity index (χ0) is 21.7. The number of hydrogen-bond acceptors (Lipinski definition) is 2. The van der Waals surface area contributed by atoms with Crippen molar-refractivity contribution in [3.8, 4) is 11.1 Å². The summed E-state index contributed by atoms with van der Waals surface area (Å²) in [4.78, 5) is 26.6. The second kappa shape index (κ2) is 9.59. The molecule has 30 heavy (non-hydrogen) atoms. The van der Waals surface area contributed by atoms with E-state index in [4.69, 9.17) is 11.6 Å². The Bertz CT molecular complexity index is 1010. The van der Waals surface area contributed by atoms with Crippen LogP contribution in [0.2, 0.25) is 5.02 Å². The normalized spacial score (nSPS) is 10.7. The van der Waals surface area contributed by atoms with E-state index in [2.05, 4.69) is 19.2 Å². The Labute approximate surface area is 182 Å². The van der Waals surface area contributed by atoms with Crippen molar-refractivity contribution in [2.24, 2.45) is 5.92 Å². The molecule has 0 radical (unpaired) electrons. The molecule has 3 rings (SSSR count). The van der Waals surface area contributed by atoms with Crippen molar-refractivity contribution < 1.29 is 9.59 Å². The summed E-state index contributed by atoms with van der Waals surface area (Å²) in [7, 11) is 1.83. The van der Waals surface area contributed by atoms with Crippen LogP contribution in [0.15, 0.2) is 72.8 Å². The molecule has 0 atom stereocenters. The molecule has 0 fully saturated rings. The van der Waals surface area contributed by atoms with Crippen LogP contribution < -0.4 is 5.32 Å². The van der Waals surface area contributed by atoms with E-state index in [1.807, 2.05) is 55.6 Å². The molecule has 0 aliphatic heterocycles. The fraction of sp³-hybridized carbons (Fsp3) is 0.200. The van der Waals surface area contributed by atoms with Gasteiger partial charge in [-0.2, -0.15) is 0 Å². The molecule has 0 aliphatic rings. The molecule has 0 saturated carbocycles. The molecule has 0 bridgehead atoms.